The van der Waals surface area contributed by atoms with E-state index in [1.165, 1.54) is 12.3 Å². The molecule has 0 amide bonds. The number of aromatic nitrogens is 4. The zero-order chi connectivity index (χ0) is 21.5. The summed E-state index contributed by atoms with van der Waals surface area (Å²) in [6, 6.07) is 6.98. The molecule has 31 heavy (non-hydrogen) atoms. The fraction of sp³-hybridized carbons (Fsp3) is 0.261. The first kappa shape index (κ1) is 19.9. The Labute approximate surface area is 184 Å². The second-order valence-electron chi connectivity index (χ2n) is 8.04. The van der Waals surface area contributed by atoms with Gasteiger partial charge in [0.15, 0.2) is 0 Å². The first-order chi connectivity index (χ1) is 15.0. The summed E-state index contributed by atoms with van der Waals surface area (Å²) in [6.45, 7) is 2.15. The highest BCUT2D eigenvalue weighted by Crippen LogP contribution is 2.33. The van der Waals surface area contributed by atoms with Crippen molar-refractivity contribution in [2.45, 2.75) is 18.9 Å². The third-order valence-corrected chi connectivity index (χ3v) is 6.32. The fourth-order valence-electron chi connectivity index (χ4n) is 4.10. The Morgan fingerprint density at radius 2 is 1.84 bits per heavy atom. The van der Waals surface area contributed by atoms with Crippen LogP contribution in [0.15, 0.2) is 49.1 Å². The Hall–Kier alpha value is -3.03. The molecule has 0 bridgehead atoms. The van der Waals surface area contributed by atoms with Gasteiger partial charge in [-0.05, 0) is 57.2 Å². The standard InChI is InChI=1S/C23H22ClFN6/c1-30-6-4-16(5-7-30)31-13-15(11-29-31)14-8-18(23(26)28-10-14)22-9-17-19(12-27-22)21(25)3-2-20(17)24/h2-3,8-13,16H,4-7H2,1H3,(H2,26,28). The maximum atomic E-state index is 14.1. The van der Waals surface area contributed by atoms with E-state index >= 15 is 0 Å². The van der Waals surface area contributed by atoms with Crippen molar-refractivity contribution in [3.63, 3.8) is 0 Å². The van der Waals surface area contributed by atoms with E-state index in [-0.39, 0.29) is 5.82 Å². The number of rotatable bonds is 3. The summed E-state index contributed by atoms with van der Waals surface area (Å²) in [5, 5.41) is 6.02. The van der Waals surface area contributed by atoms with Crippen molar-refractivity contribution < 1.29 is 4.39 Å². The lowest BCUT2D eigenvalue weighted by molar-refractivity contribution is 0.212. The normalized spacial score (nSPS) is 15.6. The number of piperidine rings is 1. The Balaban J connectivity index is 1.50. The molecule has 2 N–H and O–H groups in total. The van der Waals surface area contributed by atoms with Crippen LogP contribution >= 0.6 is 11.6 Å². The molecular weight excluding hydrogens is 415 g/mol. The van der Waals surface area contributed by atoms with Crippen molar-refractivity contribution in [1.29, 1.82) is 0 Å². The molecule has 5 rings (SSSR count). The molecule has 0 saturated carbocycles. The molecule has 0 aliphatic carbocycles. The van der Waals surface area contributed by atoms with Crippen LogP contribution in [-0.4, -0.2) is 44.8 Å². The second-order valence-corrected chi connectivity index (χ2v) is 8.45. The number of halogens is 2. The average Bonchev–Trinajstić information content (AvgIpc) is 3.27. The number of pyridine rings is 2. The number of nitrogens with zero attached hydrogens (tertiary/aromatic N) is 5. The fourth-order valence-corrected chi connectivity index (χ4v) is 4.32. The predicted molar refractivity (Wildman–Crippen MR) is 121 cm³/mol. The lowest BCUT2D eigenvalue weighted by atomic mass is 10.0. The van der Waals surface area contributed by atoms with Gasteiger partial charge < -0.3 is 10.6 Å². The molecule has 3 aromatic heterocycles. The van der Waals surface area contributed by atoms with Crippen LogP contribution in [-0.2, 0) is 0 Å². The van der Waals surface area contributed by atoms with Crippen LogP contribution in [0.2, 0.25) is 5.02 Å². The van der Waals surface area contributed by atoms with Gasteiger partial charge in [0.1, 0.15) is 11.6 Å². The Kier molecular flexibility index (Phi) is 5.08. The van der Waals surface area contributed by atoms with Crippen LogP contribution in [0.4, 0.5) is 10.2 Å². The first-order valence-electron chi connectivity index (χ1n) is 10.2. The van der Waals surface area contributed by atoms with E-state index in [9.17, 15) is 4.39 Å². The molecule has 4 heterocycles. The molecule has 1 aliphatic rings. The SMILES string of the molecule is CN1CCC(n2cc(-c3cnc(N)c(-c4cc5c(Cl)ccc(F)c5cn4)c3)cn2)CC1. The van der Waals surface area contributed by atoms with Crippen molar-refractivity contribution in [1.82, 2.24) is 24.6 Å². The van der Waals surface area contributed by atoms with Crippen molar-refractivity contribution in [2.75, 3.05) is 25.9 Å². The first-order valence-corrected chi connectivity index (χ1v) is 10.6. The van der Waals surface area contributed by atoms with E-state index in [0.717, 1.165) is 37.1 Å². The topological polar surface area (TPSA) is 72.9 Å². The van der Waals surface area contributed by atoms with Crippen LogP contribution < -0.4 is 5.73 Å². The zero-order valence-electron chi connectivity index (χ0n) is 17.1. The van der Waals surface area contributed by atoms with E-state index in [2.05, 4.69) is 37.9 Å². The number of nitrogen functional groups attached to an aromatic ring is 1. The van der Waals surface area contributed by atoms with Crippen LogP contribution in [0.1, 0.15) is 18.9 Å². The van der Waals surface area contributed by atoms with E-state index in [0.29, 0.717) is 38.9 Å². The van der Waals surface area contributed by atoms with E-state index in [4.69, 9.17) is 17.3 Å². The van der Waals surface area contributed by atoms with E-state index in [1.54, 1.807) is 18.3 Å². The summed E-state index contributed by atoms with van der Waals surface area (Å²) in [5.41, 5.74) is 9.30. The monoisotopic (exact) mass is 436 g/mol. The van der Waals surface area contributed by atoms with E-state index in [1.807, 2.05) is 12.3 Å². The summed E-state index contributed by atoms with van der Waals surface area (Å²) < 4.78 is 16.1. The lowest BCUT2D eigenvalue weighted by Gasteiger charge is -2.28. The number of hydrogen-bond acceptors (Lipinski definition) is 5. The number of hydrogen-bond donors (Lipinski definition) is 1. The molecule has 0 unspecified atom stereocenters. The van der Waals surface area contributed by atoms with Gasteiger partial charge in [0.2, 0.25) is 0 Å². The molecule has 0 atom stereocenters. The highest BCUT2D eigenvalue weighted by molar-refractivity contribution is 6.35. The van der Waals surface area contributed by atoms with Gasteiger partial charge in [0.05, 0.1) is 17.9 Å². The van der Waals surface area contributed by atoms with Crippen molar-refractivity contribution in [2.24, 2.45) is 0 Å². The molecule has 1 fully saturated rings. The third kappa shape index (κ3) is 3.75. The second kappa shape index (κ2) is 7.90. The Morgan fingerprint density at radius 1 is 1.03 bits per heavy atom. The van der Waals surface area contributed by atoms with Gasteiger partial charge in [0.25, 0.3) is 0 Å². The minimum atomic E-state index is -0.361. The van der Waals surface area contributed by atoms with Crippen molar-refractivity contribution in [3.05, 3.63) is 59.9 Å². The van der Waals surface area contributed by atoms with Crippen LogP contribution in [0, 0.1) is 5.82 Å². The summed E-state index contributed by atoms with van der Waals surface area (Å²) in [4.78, 5) is 11.1. The highest BCUT2D eigenvalue weighted by atomic mass is 35.5. The summed E-state index contributed by atoms with van der Waals surface area (Å²) in [6.07, 6.45) is 9.31. The van der Waals surface area contributed by atoms with Gasteiger partial charge >= 0.3 is 0 Å². The van der Waals surface area contributed by atoms with Crippen LogP contribution in [0.25, 0.3) is 33.2 Å². The number of fused-ring (bicyclic) bond motifs is 1. The van der Waals surface area contributed by atoms with Crippen LogP contribution in [0.3, 0.4) is 0 Å². The number of anilines is 1. The molecule has 1 saturated heterocycles. The molecule has 1 aromatic carbocycles. The molecule has 1 aliphatic heterocycles. The molecule has 4 aromatic rings. The van der Waals surface area contributed by atoms with Crippen molar-refractivity contribution in [3.8, 4) is 22.4 Å². The number of benzene rings is 1. The minimum absolute atomic E-state index is 0.353. The quantitative estimate of drug-likeness (QED) is 0.499. The predicted octanol–water partition coefficient (Wildman–Crippen LogP) is 4.80. The smallest absolute Gasteiger partial charge is 0.132 e. The lowest BCUT2D eigenvalue weighted by Crippen LogP contribution is -2.31. The molecule has 6 nitrogen and oxygen atoms in total. The van der Waals surface area contributed by atoms with Crippen LogP contribution in [0.5, 0.6) is 0 Å². The zero-order valence-corrected chi connectivity index (χ0v) is 17.8. The van der Waals surface area contributed by atoms with E-state index < -0.39 is 0 Å². The minimum Gasteiger partial charge on any atom is -0.383 e. The molecule has 0 spiro atoms. The largest absolute Gasteiger partial charge is 0.383 e. The maximum Gasteiger partial charge on any atom is 0.132 e. The molecule has 0 radical (unpaired) electrons. The Bertz CT molecular complexity index is 1260. The highest BCUT2D eigenvalue weighted by Gasteiger charge is 2.19. The van der Waals surface area contributed by atoms with Gasteiger partial charge in [-0.15, -0.1) is 0 Å². The van der Waals surface area contributed by atoms with Gasteiger partial charge in [-0.3, -0.25) is 9.67 Å². The summed E-state index contributed by atoms with van der Waals surface area (Å²) in [5.74, 6) is -0.00884. The Morgan fingerprint density at radius 3 is 2.65 bits per heavy atom. The summed E-state index contributed by atoms with van der Waals surface area (Å²) >= 11 is 6.29. The number of nitrogens with two attached hydrogens (primary N) is 1. The number of likely N-dealkylation sites (tertiary alicyclic amines) is 1. The average molecular weight is 437 g/mol. The van der Waals surface area contributed by atoms with Gasteiger partial charge in [-0.25, -0.2) is 9.37 Å². The van der Waals surface area contributed by atoms with Gasteiger partial charge in [0, 0.05) is 51.1 Å². The van der Waals surface area contributed by atoms with Gasteiger partial charge in [-0.2, -0.15) is 5.10 Å². The maximum absolute atomic E-state index is 14.1. The molecular formula is C23H22ClFN6. The third-order valence-electron chi connectivity index (χ3n) is 5.99. The van der Waals surface area contributed by atoms with Gasteiger partial charge in [-0.1, -0.05) is 11.6 Å². The summed E-state index contributed by atoms with van der Waals surface area (Å²) in [7, 11) is 2.15. The van der Waals surface area contributed by atoms with Crippen molar-refractivity contribution >= 4 is 28.2 Å². The molecule has 158 valence electrons. The molecule has 8 heteroatoms.